The maximum absolute atomic E-state index is 12.1. The van der Waals surface area contributed by atoms with Crippen LogP contribution in [0.1, 0.15) is 32.0 Å². The molecule has 1 saturated heterocycles. The van der Waals surface area contributed by atoms with Gasteiger partial charge in [-0.3, -0.25) is 5.10 Å². The van der Waals surface area contributed by atoms with Gasteiger partial charge in [-0.25, -0.2) is 14.6 Å². The topological polar surface area (TPSA) is 111 Å². The molecule has 1 aliphatic heterocycles. The van der Waals surface area contributed by atoms with E-state index in [2.05, 4.69) is 20.5 Å². The van der Waals surface area contributed by atoms with E-state index in [1.54, 1.807) is 6.92 Å². The van der Waals surface area contributed by atoms with Gasteiger partial charge in [0, 0.05) is 6.54 Å². The number of nitrogens with one attached hydrogen (secondary N) is 2. The molecular weight excluding hydrogens is 250 g/mol. The van der Waals surface area contributed by atoms with Crippen molar-refractivity contribution in [1.82, 2.24) is 25.4 Å². The molecule has 1 fully saturated rings. The lowest BCUT2D eigenvalue weighted by Crippen LogP contribution is -2.59. The van der Waals surface area contributed by atoms with Crippen LogP contribution in [0.2, 0.25) is 0 Å². The second-order valence-corrected chi connectivity index (χ2v) is 4.78. The van der Waals surface area contributed by atoms with Gasteiger partial charge >= 0.3 is 12.0 Å². The molecule has 1 aromatic heterocycles. The number of likely N-dealkylation sites (tertiary alicyclic amines) is 1. The summed E-state index contributed by atoms with van der Waals surface area (Å²) in [6.45, 7) is 2.23. The number of urea groups is 1. The zero-order chi connectivity index (χ0) is 13.9. The van der Waals surface area contributed by atoms with Crippen molar-refractivity contribution in [3.63, 3.8) is 0 Å². The van der Waals surface area contributed by atoms with Crippen molar-refractivity contribution in [2.24, 2.45) is 0 Å². The highest BCUT2D eigenvalue weighted by atomic mass is 16.4. The quantitative estimate of drug-likeness (QED) is 0.731. The summed E-state index contributed by atoms with van der Waals surface area (Å²) in [6.07, 6.45) is 3.45. The molecule has 8 nitrogen and oxygen atoms in total. The number of hydrogen-bond donors (Lipinski definition) is 3. The van der Waals surface area contributed by atoms with Crippen LogP contribution in [0.5, 0.6) is 0 Å². The Kier molecular flexibility index (Phi) is 3.68. The van der Waals surface area contributed by atoms with Crippen LogP contribution in [0, 0.1) is 0 Å². The number of nitrogens with zero attached hydrogens (tertiary/aromatic N) is 3. The van der Waals surface area contributed by atoms with Crippen LogP contribution in [0.15, 0.2) is 6.33 Å². The third-order valence-electron chi connectivity index (χ3n) is 3.47. The number of carbonyl (C=O) groups excluding carboxylic acids is 1. The lowest BCUT2D eigenvalue weighted by molar-refractivity contribution is -0.150. The van der Waals surface area contributed by atoms with Crippen LogP contribution in [0.3, 0.4) is 0 Å². The average Bonchev–Trinajstić information content (AvgIpc) is 2.89. The van der Waals surface area contributed by atoms with Gasteiger partial charge in [-0.15, -0.1) is 0 Å². The Morgan fingerprint density at radius 2 is 2.37 bits per heavy atom. The number of aliphatic carboxylic acids is 1. The molecule has 2 amide bonds. The number of H-pyrrole nitrogens is 1. The molecule has 1 atom stereocenters. The molecule has 1 unspecified atom stereocenters. The summed E-state index contributed by atoms with van der Waals surface area (Å²) in [5.41, 5.74) is -1.14. The molecule has 0 saturated carbocycles. The lowest BCUT2D eigenvalue weighted by Gasteiger charge is -2.41. The maximum atomic E-state index is 12.1. The largest absolute Gasteiger partial charge is 0.480 e. The van der Waals surface area contributed by atoms with Gasteiger partial charge in [0.1, 0.15) is 17.7 Å². The predicted octanol–water partition coefficient (Wildman–Crippen LogP) is 0.343. The van der Waals surface area contributed by atoms with Gasteiger partial charge in [0.05, 0.1) is 6.54 Å². The molecule has 19 heavy (non-hydrogen) atoms. The number of piperidine rings is 1. The third kappa shape index (κ3) is 2.67. The maximum Gasteiger partial charge on any atom is 0.329 e. The number of aromatic nitrogens is 3. The van der Waals surface area contributed by atoms with Crippen LogP contribution >= 0.6 is 0 Å². The SMILES string of the molecule is CC1(C(=O)O)CCCCN1C(=O)NCc1ncn[nH]1. The standard InChI is InChI=1S/C11H17N5O3/c1-11(9(17)18)4-2-3-5-16(11)10(19)12-6-8-13-7-14-15-8/h7H,2-6H2,1H3,(H,12,19)(H,17,18)(H,13,14,15). The van der Waals surface area contributed by atoms with Gasteiger partial charge in [-0.2, -0.15) is 5.10 Å². The molecule has 2 rings (SSSR count). The van der Waals surface area contributed by atoms with Gasteiger partial charge in [0.25, 0.3) is 0 Å². The number of amides is 2. The van der Waals surface area contributed by atoms with Gasteiger partial charge in [-0.05, 0) is 26.2 Å². The first-order chi connectivity index (χ1) is 9.04. The summed E-state index contributed by atoms with van der Waals surface area (Å²) in [7, 11) is 0. The first-order valence-electron chi connectivity index (χ1n) is 6.17. The van der Waals surface area contributed by atoms with Crippen LogP contribution < -0.4 is 5.32 Å². The van der Waals surface area contributed by atoms with Crippen molar-refractivity contribution in [3.8, 4) is 0 Å². The zero-order valence-corrected chi connectivity index (χ0v) is 10.7. The highest BCUT2D eigenvalue weighted by Crippen LogP contribution is 2.28. The Bertz CT molecular complexity index is 461. The van der Waals surface area contributed by atoms with Crippen molar-refractivity contribution in [2.45, 2.75) is 38.3 Å². The molecule has 2 heterocycles. The average molecular weight is 267 g/mol. The van der Waals surface area contributed by atoms with Crippen molar-refractivity contribution >= 4 is 12.0 Å². The Morgan fingerprint density at radius 3 is 3.00 bits per heavy atom. The fourth-order valence-corrected chi connectivity index (χ4v) is 2.24. The fraction of sp³-hybridized carbons (Fsp3) is 0.636. The summed E-state index contributed by atoms with van der Waals surface area (Å²) < 4.78 is 0. The van der Waals surface area contributed by atoms with Crippen molar-refractivity contribution in [3.05, 3.63) is 12.2 Å². The number of carboxylic acid groups (broad SMARTS) is 1. The van der Waals surface area contributed by atoms with E-state index in [1.165, 1.54) is 11.2 Å². The van der Waals surface area contributed by atoms with Crippen molar-refractivity contribution < 1.29 is 14.7 Å². The monoisotopic (exact) mass is 267 g/mol. The van der Waals surface area contributed by atoms with Gasteiger partial charge in [0.15, 0.2) is 0 Å². The molecule has 0 spiro atoms. The molecule has 1 aromatic rings. The normalized spacial score (nSPS) is 23.1. The van der Waals surface area contributed by atoms with E-state index in [4.69, 9.17) is 0 Å². The van der Waals surface area contributed by atoms with E-state index in [9.17, 15) is 14.7 Å². The number of rotatable bonds is 3. The van der Waals surface area contributed by atoms with Gasteiger partial charge < -0.3 is 15.3 Å². The first kappa shape index (κ1) is 13.3. The van der Waals surface area contributed by atoms with Crippen molar-refractivity contribution in [2.75, 3.05) is 6.54 Å². The van der Waals surface area contributed by atoms with E-state index in [1.807, 2.05) is 0 Å². The highest BCUT2D eigenvalue weighted by molar-refractivity contribution is 5.86. The van der Waals surface area contributed by atoms with E-state index < -0.39 is 11.5 Å². The minimum absolute atomic E-state index is 0.199. The Balaban J connectivity index is 2.01. The number of carbonyl (C=O) groups is 2. The second kappa shape index (κ2) is 5.25. The van der Waals surface area contributed by atoms with E-state index in [0.717, 1.165) is 12.8 Å². The second-order valence-electron chi connectivity index (χ2n) is 4.78. The fourth-order valence-electron chi connectivity index (χ4n) is 2.24. The summed E-state index contributed by atoms with van der Waals surface area (Å²) in [5.74, 6) is -0.440. The summed E-state index contributed by atoms with van der Waals surface area (Å²) in [5, 5.41) is 18.3. The number of hydrogen-bond acceptors (Lipinski definition) is 4. The summed E-state index contributed by atoms with van der Waals surface area (Å²) in [6, 6.07) is -0.388. The van der Waals surface area contributed by atoms with Gasteiger partial charge in [-0.1, -0.05) is 0 Å². The molecule has 0 aromatic carbocycles. The molecule has 0 aliphatic carbocycles. The zero-order valence-electron chi connectivity index (χ0n) is 10.7. The molecule has 104 valence electrons. The number of aromatic amines is 1. The molecular formula is C11H17N5O3. The molecule has 0 bridgehead atoms. The van der Waals surface area contributed by atoms with E-state index in [0.29, 0.717) is 18.8 Å². The molecule has 8 heteroatoms. The van der Waals surface area contributed by atoms with Crippen LogP contribution in [0.4, 0.5) is 4.79 Å². The van der Waals surface area contributed by atoms with E-state index in [-0.39, 0.29) is 12.6 Å². The summed E-state index contributed by atoms with van der Waals surface area (Å²) >= 11 is 0. The van der Waals surface area contributed by atoms with Crippen LogP contribution in [-0.4, -0.2) is 49.3 Å². The molecule has 3 N–H and O–H groups in total. The Morgan fingerprint density at radius 1 is 1.58 bits per heavy atom. The Labute approximate surface area is 110 Å². The van der Waals surface area contributed by atoms with Gasteiger partial charge in [0.2, 0.25) is 0 Å². The van der Waals surface area contributed by atoms with Crippen LogP contribution in [-0.2, 0) is 11.3 Å². The summed E-state index contributed by atoms with van der Waals surface area (Å²) in [4.78, 5) is 28.7. The Hall–Kier alpha value is -2.12. The third-order valence-corrected chi connectivity index (χ3v) is 3.47. The minimum atomic E-state index is -1.14. The number of carboxylic acids is 1. The smallest absolute Gasteiger partial charge is 0.329 e. The van der Waals surface area contributed by atoms with Crippen LogP contribution in [0.25, 0.3) is 0 Å². The molecule has 0 radical (unpaired) electrons. The van der Waals surface area contributed by atoms with E-state index >= 15 is 0 Å². The molecule has 1 aliphatic rings. The predicted molar refractivity (Wildman–Crippen MR) is 65.2 cm³/mol. The first-order valence-corrected chi connectivity index (χ1v) is 6.17. The lowest BCUT2D eigenvalue weighted by atomic mass is 9.89. The highest BCUT2D eigenvalue weighted by Gasteiger charge is 2.43. The minimum Gasteiger partial charge on any atom is -0.480 e. The van der Waals surface area contributed by atoms with Crippen molar-refractivity contribution in [1.29, 1.82) is 0 Å².